The number of hydrogen-bond donors (Lipinski definition) is 0. The molecule has 0 spiro atoms. The quantitative estimate of drug-likeness (QED) is 0.288. The molecule has 0 bridgehead atoms. The fourth-order valence-electron chi connectivity index (χ4n) is 3.53. The Balaban J connectivity index is 1.62. The lowest BCUT2D eigenvalue weighted by molar-refractivity contribution is -0.127. The standard InChI is InChI=1S/C26H24FN3O3S/c1-17-11-12-19(14-22(17)27)30-25(32)21-9-4-5-10-23(21)28-26(30)34-16-24(31)29(2)15-18-7-6-8-20(13-18)33-3/h4-14H,15-16H2,1-3H3. The Labute approximate surface area is 201 Å². The lowest BCUT2D eigenvalue weighted by atomic mass is 10.2. The predicted octanol–water partition coefficient (Wildman–Crippen LogP) is 4.59. The van der Waals surface area contributed by atoms with Gasteiger partial charge in [-0.25, -0.2) is 9.37 Å². The van der Waals surface area contributed by atoms with E-state index in [1.54, 1.807) is 62.4 Å². The molecule has 0 unspecified atom stereocenters. The number of nitrogens with zero attached hydrogens (tertiary/aromatic N) is 3. The van der Waals surface area contributed by atoms with Crippen molar-refractivity contribution in [1.82, 2.24) is 14.5 Å². The van der Waals surface area contributed by atoms with Gasteiger partial charge in [0.1, 0.15) is 11.6 Å². The molecule has 0 saturated heterocycles. The van der Waals surface area contributed by atoms with Crippen LogP contribution in [0, 0.1) is 12.7 Å². The molecule has 4 aromatic rings. The lowest BCUT2D eigenvalue weighted by Gasteiger charge is -2.18. The van der Waals surface area contributed by atoms with Crippen LogP contribution in [0.2, 0.25) is 0 Å². The first-order valence-electron chi connectivity index (χ1n) is 10.7. The highest BCUT2D eigenvalue weighted by Crippen LogP contribution is 2.23. The van der Waals surface area contributed by atoms with Crippen molar-refractivity contribution >= 4 is 28.6 Å². The number of amides is 1. The molecular weight excluding hydrogens is 453 g/mol. The average molecular weight is 478 g/mol. The van der Waals surface area contributed by atoms with Crippen molar-refractivity contribution in [3.05, 3.63) is 94.0 Å². The van der Waals surface area contributed by atoms with Gasteiger partial charge in [-0.05, 0) is 54.4 Å². The molecule has 34 heavy (non-hydrogen) atoms. The maximum absolute atomic E-state index is 14.3. The Kier molecular flexibility index (Phi) is 6.98. The third-order valence-corrected chi connectivity index (χ3v) is 6.39. The van der Waals surface area contributed by atoms with Crippen molar-refractivity contribution in [2.75, 3.05) is 19.9 Å². The normalized spacial score (nSPS) is 10.9. The molecule has 8 heteroatoms. The van der Waals surface area contributed by atoms with E-state index in [4.69, 9.17) is 4.74 Å². The molecule has 0 fully saturated rings. The van der Waals surface area contributed by atoms with Crippen LogP contribution in [0.1, 0.15) is 11.1 Å². The van der Waals surface area contributed by atoms with Crippen molar-refractivity contribution in [3.8, 4) is 11.4 Å². The van der Waals surface area contributed by atoms with Crippen LogP contribution in [0.3, 0.4) is 0 Å². The van der Waals surface area contributed by atoms with Gasteiger partial charge >= 0.3 is 0 Å². The Morgan fingerprint density at radius 1 is 1.12 bits per heavy atom. The molecule has 4 rings (SSSR count). The molecule has 0 aliphatic rings. The number of thioether (sulfide) groups is 1. The topological polar surface area (TPSA) is 64.4 Å². The Bertz CT molecular complexity index is 1420. The molecule has 0 aliphatic heterocycles. The smallest absolute Gasteiger partial charge is 0.266 e. The minimum atomic E-state index is -0.414. The fraction of sp³-hybridized carbons (Fsp3) is 0.192. The number of methoxy groups -OCH3 is 1. The molecule has 174 valence electrons. The number of fused-ring (bicyclic) bond motifs is 1. The minimum Gasteiger partial charge on any atom is -0.497 e. The Morgan fingerprint density at radius 2 is 1.91 bits per heavy atom. The van der Waals surface area contributed by atoms with Gasteiger partial charge < -0.3 is 9.64 Å². The monoisotopic (exact) mass is 477 g/mol. The van der Waals surface area contributed by atoms with Crippen molar-refractivity contribution in [2.45, 2.75) is 18.6 Å². The number of rotatable bonds is 7. The first kappa shape index (κ1) is 23.5. The third-order valence-electron chi connectivity index (χ3n) is 5.46. The second-order valence-electron chi connectivity index (χ2n) is 7.88. The molecule has 0 aliphatic carbocycles. The van der Waals surface area contributed by atoms with Crippen molar-refractivity contribution in [2.24, 2.45) is 0 Å². The zero-order chi connectivity index (χ0) is 24.2. The number of aromatic nitrogens is 2. The van der Waals surface area contributed by atoms with E-state index in [0.717, 1.165) is 23.1 Å². The van der Waals surface area contributed by atoms with Crippen LogP contribution in [0.15, 0.2) is 76.7 Å². The van der Waals surface area contributed by atoms with Gasteiger partial charge in [-0.1, -0.05) is 42.1 Å². The van der Waals surface area contributed by atoms with Crippen LogP contribution in [0.25, 0.3) is 16.6 Å². The van der Waals surface area contributed by atoms with Crippen molar-refractivity contribution in [3.63, 3.8) is 0 Å². The number of halogens is 1. The minimum absolute atomic E-state index is 0.0690. The molecule has 1 heterocycles. The summed E-state index contributed by atoms with van der Waals surface area (Å²) in [6, 6.07) is 19.1. The maximum Gasteiger partial charge on any atom is 0.266 e. The molecule has 6 nitrogen and oxygen atoms in total. The second kappa shape index (κ2) is 10.1. The van der Waals surface area contributed by atoms with Crippen molar-refractivity contribution < 1.29 is 13.9 Å². The summed E-state index contributed by atoms with van der Waals surface area (Å²) in [7, 11) is 3.32. The van der Waals surface area contributed by atoms with E-state index in [-0.39, 0.29) is 17.2 Å². The van der Waals surface area contributed by atoms with Gasteiger partial charge in [-0.2, -0.15) is 0 Å². The van der Waals surface area contributed by atoms with Crippen LogP contribution >= 0.6 is 11.8 Å². The van der Waals surface area contributed by atoms with E-state index >= 15 is 0 Å². The Morgan fingerprint density at radius 3 is 2.68 bits per heavy atom. The predicted molar refractivity (Wildman–Crippen MR) is 132 cm³/mol. The van der Waals surface area contributed by atoms with Crippen LogP contribution in [-0.2, 0) is 11.3 Å². The van der Waals surface area contributed by atoms with Crippen LogP contribution in [0.5, 0.6) is 5.75 Å². The van der Waals surface area contributed by atoms with Gasteiger partial charge in [0, 0.05) is 13.6 Å². The summed E-state index contributed by atoms with van der Waals surface area (Å²) >= 11 is 1.15. The van der Waals surface area contributed by atoms with E-state index in [0.29, 0.717) is 33.9 Å². The summed E-state index contributed by atoms with van der Waals surface area (Å²) in [6.07, 6.45) is 0. The summed E-state index contributed by atoms with van der Waals surface area (Å²) in [5.74, 6) is 0.251. The maximum atomic E-state index is 14.3. The Hall–Kier alpha value is -3.65. The first-order valence-corrected chi connectivity index (χ1v) is 11.6. The summed E-state index contributed by atoms with van der Waals surface area (Å²) < 4.78 is 20.9. The molecular formula is C26H24FN3O3S. The summed E-state index contributed by atoms with van der Waals surface area (Å²) in [4.78, 5) is 32.4. The highest BCUT2D eigenvalue weighted by atomic mass is 32.2. The number of benzene rings is 3. The molecule has 3 aromatic carbocycles. The summed E-state index contributed by atoms with van der Waals surface area (Å²) in [5.41, 5.74) is 2.00. The van der Waals surface area contributed by atoms with Crippen LogP contribution in [0.4, 0.5) is 4.39 Å². The molecule has 0 saturated carbocycles. The van der Waals surface area contributed by atoms with Gasteiger partial charge in [-0.3, -0.25) is 14.2 Å². The van der Waals surface area contributed by atoms with E-state index in [1.165, 1.54) is 10.6 Å². The zero-order valence-corrected chi connectivity index (χ0v) is 19.9. The average Bonchev–Trinajstić information content (AvgIpc) is 2.84. The highest BCUT2D eigenvalue weighted by molar-refractivity contribution is 7.99. The number of aryl methyl sites for hydroxylation is 1. The van der Waals surface area contributed by atoms with E-state index in [2.05, 4.69) is 4.98 Å². The van der Waals surface area contributed by atoms with E-state index < -0.39 is 5.82 Å². The van der Waals surface area contributed by atoms with E-state index in [1.807, 2.05) is 24.3 Å². The van der Waals surface area contributed by atoms with Gasteiger partial charge in [0.25, 0.3) is 5.56 Å². The highest BCUT2D eigenvalue weighted by Gasteiger charge is 2.17. The summed E-state index contributed by atoms with van der Waals surface area (Å²) in [6.45, 7) is 2.07. The molecule has 0 N–H and O–H groups in total. The fourth-order valence-corrected chi connectivity index (χ4v) is 4.48. The molecule has 0 atom stereocenters. The van der Waals surface area contributed by atoms with Gasteiger partial charge in [0.2, 0.25) is 5.91 Å². The summed E-state index contributed by atoms with van der Waals surface area (Å²) in [5, 5.41) is 0.754. The number of carbonyl (C=O) groups excluding carboxylic acids is 1. The third kappa shape index (κ3) is 4.97. The number of ether oxygens (including phenoxy) is 1. The zero-order valence-electron chi connectivity index (χ0n) is 19.1. The molecule has 0 radical (unpaired) electrons. The SMILES string of the molecule is COc1cccc(CN(C)C(=O)CSc2nc3ccccc3c(=O)n2-c2ccc(C)c(F)c2)c1. The lowest BCUT2D eigenvalue weighted by Crippen LogP contribution is -2.28. The first-order chi connectivity index (χ1) is 16.4. The number of hydrogen-bond acceptors (Lipinski definition) is 5. The van der Waals surface area contributed by atoms with Crippen LogP contribution < -0.4 is 10.3 Å². The van der Waals surface area contributed by atoms with Gasteiger partial charge in [0.05, 0.1) is 29.5 Å². The number of para-hydroxylation sites is 1. The molecule has 1 amide bonds. The van der Waals surface area contributed by atoms with Crippen LogP contribution in [-0.4, -0.2) is 40.3 Å². The van der Waals surface area contributed by atoms with E-state index in [9.17, 15) is 14.0 Å². The van der Waals surface area contributed by atoms with Crippen molar-refractivity contribution in [1.29, 1.82) is 0 Å². The molecule has 1 aromatic heterocycles. The number of carbonyl (C=O) groups is 1. The second-order valence-corrected chi connectivity index (χ2v) is 8.82. The largest absolute Gasteiger partial charge is 0.497 e. The van der Waals surface area contributed by atoms with Gasteiger partial charge in [0.15, 0.2) is 5.16 Å². The van der Waals surface area contributed by atoms with Gasteiger partial charge in [-0.15, -0.1) is 0 Å².